The predicted octanol–water partition coefficient (Wildman–Crippen LogP) is 1.10. The number of rotatable bonds is 6. The molecule has 0 amide bonds. The molecule has 0 radical (unpaired) electrons. The molecule has 68 valence electrons. The highest BCUT2D eigenvalue weighted by Crippen LogP contribution is 2.05. The molecule has 0 aromatic carbocycles. The van der Waals surface area contributed by atoms with Gasteiger partial charge in [0.05, 0.1) is 5.60 Å². The van der Waals surface area contributed by atoms with Crippen molar-refractivity contribution in [2.24, 2.45) is 0 Å². The largest absolute Gasteiger partial charge is 0.389 e. The lowest BCUT2D eigenvalue weighted by Gasteiger charge is -2.21. The summed E-state index contributed by atoms with van der Waals surface area (Å²) in [4.78, 5) is 0. The Bertz CT molecular complexity index is 96.1. The van der Waals surface area contributed by atoms with Crippen LogP contribution in [0.25, 0.3) is 0 Å². The maximum atomic E-state index is 9.55. The van der Waals surface area contributed by atoms with Gasteiger partial charge in [0, 0.05) is 18.8 Å². The van der Waals surface area contributed by atoms with Crippen molar-refractivity contribution in [2.75, 3.05) is 25.1 Å². The zero-order valence-electron chi connectivity index (χ0n) is 7.68. The SMILES string of the molecule is CCC(C)(O)CNCCSC. The van der Waals surface area contributed by atoms with Gasteiger partial charge in [0.2, 0.25) is 0 Å². The first-order valence-corrected chi connectivity index (χ1v) is 5.44. The lowest BCUT2D eigenvalue weighted by Crippen LogP contribution is -2.37. The van der Waals surface area contributed by atoms with Crippen molar-refractivity contribution in [2.45, 2.75) is 25.9 Å². The van der Waals surface area contributed by atoms with Gasteiger partial charge >= 0.3 is 0 Å². The molecule has 0 rings (SSSR count). The van der Waals surface area contributed by atoms with Gasteiger partial charge in [0.25, 0.3) is 0 Å². The second-order valence-corrected chi connectivity index (χ2v) is 4.01. The molecule has 3 heteroatoms. The van der Waals surface area contributed by atoms with Crippen LogP contribution >= 0.6 is 11.8 Å². The summed E-state index contributed by atoms with van der Waals surface area (Å²) in [6.45, 7) is 5.54. The third-order valence-electron chi connectivity index (χ3n) is 1.75. The lowest BCUT2D eigenvalue weighted by molar-refractivity contribution is 0.0565. The van der Waals surface area contributed by atoms with E-state index in [1.165, 1.54) is 0 Å². The van der Waals surface area contributed by atoms with Crippen LogP contribution in [0, 0.1) is 0 Å². The average molecular weight is 177 g/mol. The number of thioether (sulfide) groups is 1. The monoisotopic (exact) mass is 177 g/mol. The third-order valence-corrected chi connectivity index (χ3v) is 2.36. The van der Waals surface area contributed by atoms with E-state index in [0.717, 1.165) is 18.7 Å². The van der Waals surface area contributed by atoms with E-state index in [-0.39, 0.29) is 0 Å². The van der Waals surface area contributed by atoms with E-state index in [9.17, 15) is 5.11 Å². The smallest absolute Gasteiger partial charge is 0.0740 e. The molecule has 0 aliphatic carbocycles. The molecule has 0 aliphatic rings. The molecule has 0 bridgehead atoms. The van der Waals surface area contributed by atoms with Crippen LogP contribution in [-0.4, -0.2) is 35.8 Å². The molecule has 0 fully saturated rings. The molecule has 1 atom stereocenters. The first kappa shape index (κ1) is 11.3. The summed E-state index contributed by atoms with van der Waals surface area (Å²) in [7, 11) is 0. The van der Waals surface area contributed by atoms with E-state index in [1.807, 2.05) is 25.6 Å². The maximum Gasteiger partial charge on any atom is 0.0740 e. The number of aliphatic hydroxyl groups is 1. The molecule has 11 heavy (non-hydrogen) atoms. The second kappa shape index (κ2) is 5.86. The highest BCUT2D eigenvalue weighted by molar-refractivity contribution is 7.98. The van der Waals surface area contributed by atoms with Crippen molar-refractivity contribution in [3.8, 4) is 0 Å². The standard InChI is InChI=1S/C8H19NOS/c1-4-8(2,10)7-9-5-6-11-3/h9-10H,4-7H2,1-3H3. The first-order chi connectivity index (χ1) is 5.12. The molecule has 0 heterocycles. The molecule has 1 unspecified atom stereocenters. The summed E-state index contributed by atoms with van der Waals surface area (Å²) in [5, 5.41) is 12.8. The van der Waals surface area contributed by atoms with E-state index in [4.69, 9.17) is 0 Å². The zero-order valence-corrected chi connectivity index (χ0v) is 8.50. The van der Waals surface area contributed by atoms with Gasteiger partial charge in [-0.1, -0.05) is 6.92 Å². The van der Waals surface area contributed by atoms with Crippen molar-refractivity contribution < 1.29 is 5.11 Å². The van der Waals surface area contributed by atoms with Crippen molar-refractivity contribution in [3.05, 3.63) is 0 Å². The molecule has 0 aromatic rings. The van der Waals surface area contributed by atoms with E-state index >= 15 is 0 Å². The van der Waals surface area contributed by atoms with Gasteiger partial charge < -0.3 is 10.4 Å². The van der Waals surface area contributed by atoms with Crippen LogP contribution in [0.15, 0.2) is 0 Å². The van der Waals surface area contributed by atoms with Gasteiger partial charge in [0.1, 0.15) is 0 Å². The fraction of sp³-hybridized carbons (Fsp3) is 1.00. The predicted molar refractivity (Wildman–Crippen MR) is 52.2 cm³/mol. The van der Waals surface area contributed by atoms with E-state index in [1.54, 1.807) is 0 Å². The van der Waals surface area contributed by atoms with Crippen LogP contribution in [0.4, 0.5) is 0 Å². The average Bonchev–Trinajstić information content (AvgIpc) is 1.99. The third kappa shape index (κ3) is 6.66. The Balaban J connectivity index is 3.23. The van der Waals surface area contributed by atoms with Crippen LogP contribution in [-0.2, 0) is 0 Å². The lowest BCUT2D eigenvalue weighted by atomic mass is 10.0. The molecule has 2 nitrogen and oxygen atoms in total. The van der Waals surface area contributed by atoms with Gasteiger partial charge in [0.15, 0.2) is 0 Å². The summed E-state index contributed by atoms with van der Waals surface area (Å²) in [6.07, 6.45) is 2.89. The second-order valence-electron chi connectivity index (χ2n) is 3.02. The minimum Gasteiger partial charge on any atom is -0.389 e. The Labute approximate surface area is 73.8 Å². The topological polar surface area (TPSA) is 32.3 Å². The normalized spacial score (nSPS) is 16.4. The van der Waals surface area contributed by atoms with Crippen molar-refractivity contribution in [1.29, 1.82) is 0 Å². The summed E-state index contributed by atoms with van der Waals surface area (Å²) < 4.78 is 0. The van der Waals surface area contributed by atoms with Gasteiger partial charge in [-0.15, -0.1) is 0 Å². The van der Waals surface area contributed by atoms with Gasteiger partial charge in [-0.3, -0.25) is 0 Å². The van der Waals surface area contributed by atoms with Crippen LogP contribution in [0.2, 0.25) is 0 Å². The fourth-order valence-electron chi connectivity index (χ4n) is 0.657. The molecule has 2 N–H and O–H groups in total. The van der Waals surface area contributed by atoms with Crippen molar-refractivity contribution >= 4 is 11.8 Å². The Morgan fingerprint density at radius 3 is 2.64 bits per heavy atom. The molecule has 0 aromatic heterocycles. The van der Waals surface area contributed by atoms with Gasteiger partial charge in [-0.25, -0.2) is 0 Å². The van der Waals surface area contributed by atoms with Crippen LogP contribution in [0.5, 0.6) is 0 Å². The molecule has 0 aliphatic heterocycles. The molecule has 0 spiro atoms. The van der Waals surface area contributed by atoms with E-state index in [2.05, 4.69) is 11.6 Å². The highest BCUT2D eigenvalue weighted by Gasteiger charge is 2.15. The molecular formula is C8H19NOS. The molecule has 0 saturated carbocycles. The van der Waals surface area contributed by atoms with Gasteiger partial charge in [-0.05, 0) is 19.6 Å². The number of nitrogens with one attached hydrogen (secondary N) is 1. The zero-order chi connectivity index (χ0) is 8.74. The van der Waals surface area contributed by atoms with E-state index in [0.29, 0.717) is 6.54 Å². The summed E-state index contributed by atoms with van der Waals surface area (Å²) in [5.74, 6) is 1.11. The Hall–Kier alpha value is 0.270. The van der Waals surface area contributed by atoms with Crippen molar-refractivity contribution in [3.63, 3.8) is 0 Å². The minimum atomic E-state index is -0.529. The Morgan fingerprint density at radius 2 is 2.18 bits per heavy atom. The molecule has 0 saturated heterocycles. The summed E-state index contributed by atoms with van der Waals surface area (Å²) >= 11 is 1.82. The Kier molecular flexibility index (Phi) is 6.01. The number of hydrogen-bond acceptors (Lipinski definition) is 3. The first-order valence-electron chi connectivity index (χ1n) is 4.04. The number of hydrogen-bond donors (Lipinski definition) is 2. The summed E-state index contributed by atoms with van der Waals surface area (Å²) in [5.41, 5.74) is -0.529. The highest BCUT2D eigenvalue weighted by atomic mass is 32.2. The fourth-order valence-corrected chi connectivity index (χ4v) is 1.01. The van der Waals surface area contributed by atoms with Crippen LogP contribution < -0.4 is 5.32 Å². The van der Waals surface area contributed by atoms with Crippen molar-refractivity contribution in [1.82, 2.24) is 5.32 Å². The Morgan fingerprint density at radius 1 is 1.55 bits per heavy atom. The molecular weight excluding hydrogens is 158 g/mol. The maximum absolute atomic E-state index is 9.55. The van der Waals surface area contributed by atoms with Crippen LogP contribution in [0.1, 0.15) is 20.3 Å². The minimum absolute atomic E-state index is 0.529. The van der Waals surface area contributed by atoms with E-state index < -0.39 is 5.60 Å². The summed E-state index contributed by atoms with van der Waals surface area (Å²) in [6, 6.07) is 0. The van der Waals surface area contributed by atoms with Gasteiger partial charge in [-0.2, -0.15) is 11.8 Å². The van der Waals surface area contributed by atoms with Crippen LogP contribution in [0.3, 0.4) is 0 Å². The quantitative estimate of drug-likeness (QED) is 0.596.